The number of amides is 1. The van der Waals surface area contributed by atoms with Crippen LogP contribution in [0.25, 0.3) is 0 Å². The summed E-state index contributed by atoms with van der Waals surface area (Å²) in [6.07, 6.45) is -1.68. The van der Waals surface area contributed by atoms with Gasteiger partial charge in [-0.3, -0.25) is 28.9 Å². The van der Waals surface area contributed by atoms with Gasteiger partial charge in [0, 0.05) is 18.5 Å². The highest BCUT2D eigenvalue weighted by Crippen LogP contribution is 2.55. The van der Waals surface area contributed by atoms with E-state index in [4.69, 9.17) is 5.73 Å². The number of phenolic OH excluding ortho intramolecular Hbond substituents is 1. The molecule has 1 aromatic rings. The van der Waals surface area contributed by atoms with Gasteiger partial charge >= 0.3 is 0 Å². The fraction of sp³-hybridized carbons (Fsp3) is 0.593. The molecular formula is C27H36N4O9. The fourth-order valence-electron chi connectivity index (χ4n) is 6.77. The molecule has 3 aliphatic carbocycles. The summed E-state index contributed by atoms with van der Waals surface area (Å²) in [5.41, 5.74) is 2.60. The van der Waals surface area contributed by atoms with Crippen LogP contribution in [0.1, 0.15) is 28.8 Å². The van der Waals surface area contributed by atoms with Crippen molar-refractivity contribution >= 4 is 34.7 Å². The van der Waals surface area contributed by atoms with E-state index < -0.39 is 82.1 Å². The van der Waals surface area contributed by atoms with E-state index in [2.05, 4.69) is 5.32 Å². The Kier molecular flexibility index (Phi) is 7.67. The van der Waals surface area contributed by atoms with Crippen molar-refractivity contribution < 1.29 is 44.4 Å². The number of phenols is 1. The average Bonchev–Trinajstić information content (AvgIpc) is 2.86. The van der Waals surface area contributed by atoms with Gasteiger partial charge in [0.05, 0.1) is 41.8 Å². The number of ketones is 4. The molecule has 0 radical (unpaired) electrons. The number of nitrogens with one attached hydrogen (secondary N) is 1. The average molecular weight is 561 g/mol. The Labute approximate surface area is 230 Å². The van der Waals surface area contributed by atoms with Crippen LogP contribution in [0.5, 0.6) is 5.75 Å². The van der Waals surface area contributed by atoms with Crippen LogP contribution in [0.2, 0.25) is 0 Å². The van der Waals surface area contributed by atoms with Gasteiger partial charge in [0.25, 0.3) is 0 Å². The zero-order chi connectivity index (χ0) is 30.0. The summed E-state index contributed by atoms with van der Waals surface area (Å²) in [4.78, 5) is 69.7. The Balaban J connectivity index is 1.83. The molecule has 1 aromatic carbocycles. The molecule has 7 unspecified atom stereocenters. The number of hydrogen-bond donors (Lipinski definition) is 6. The minimum atomic E-state index is -3.04. The summed E-state index contributed by atoms with van der Waals surface area (Å²) in [5, 5.41) is 47.0. The van der Waals surface area contributed by atoms with Crippen LogP contribution in [0.15, 0.2) is 12.1 Å². The monoisotopic (exact) mass is 560 g/mol. The maximum atomic E-state index is 14.0. The van der Waals surface area contributed by atoms with Gasteiger partial charge in [-0.25, -0.2) is 0 Å². The molecule has 0 heterocycles. The van der Waals surface area contributed by atoms with E-state index >= 15 is 0 Å². The number of Topliss-reactive ketones (excluding diaryl/α,β-unsaturated/α-hetero) is 4. The fourth-order valence-corrected chi connectivity index (χ4v) is 6.77. The molecule has 0 bridgehead atoms. The van der Waals surface area contributed by atoms with E-state index in [9.17, 15) is 44.4 Å². The molecule has 0 saturated heterocycles. The number of nitrogens with two attached hydrogens (primary N) is 1. The Morgan fingerprint density at radius 1 is 1.12 bits per heavy atom. The first kappa shape index (κ1) is 29.7. The van der Waals surface area contributed by atoms with Gasteiger partial charge in [-0.05, 0) is 45.7 Å². The van der Waals surface area contributed by atoms with Crippen LogP contribution >= 0.6 is 0 Å². The highest BCUT2D eigenvalue weighted by Gasteiger charge is 2.72. The van der Waals surface area contributed by atoms with Crippen molar-refractivity contribution in [1.82, 2.24) is 9.80 Å². The summed E-state index contributed by atoms with van der Waals surface area (Å²) < 4.78 is 0. The number of aliphatic hydroxyl groups is 3. The lowest BCUT2D eigenvalue weighted by atomic mass is 9.49. The standard InChI is InChI=1S/C27H36N4O9/c1-10-12-6-7-13(29-8-11(9-32)30(2)3)20(33)15(12)21(34)16-14(10)22(35)18-19(31(4)5)23(36)17(26(28)39)25(38)27(18,40)24(16)37/h6-7,10-11,14,16-19,22,29,32-33,35,40H,8-9H2,1-5H3,(H2,28,39)/t10?,11?,14?,16?,17?,18?,19-,22?,27-/m0/s1. The molecule has 9 atom stereocenters. The zero-order valence-corrected chi connectivity index (χ0v) is 23.0. The third-order valence-corrected chi connectivity index (χ3v) is 8.96. The Morgan fingerprint density at radius 2 is 1.75 bits per heavy atom. The number of hydrogen-bond acceptors (Lipinski definition) is 12. The van der Waals surface area contributed by atoms with Gasteiger partial charge < -0.3 is 36.4 Å². The molecule has 0 aromatic heterocycles. The van der Waals surface area contributed by atoms with Crippen molar-refractivity contribution in [2.45, 2.75) is 36.6 Å². The molecule has 2 saturated carbocycles. The molecule has 7 N–H and O–H groups in total. The van der Waals surface area contributed by atoms with Gasteiger partial charge in [0.15, 0.2) is 34.7 Å². The summed E-state index contributed by atoms with van der Waals surface area (Å²) in [7, 11) is 6.41. The van der Waals surface area contributed by atoms with Crippen LogP contribution in [-0.2, 0) is 19.2 Å². The van der Waals surface area contributed by atoms with Crippen molar-refractivity contribution in [1.29, 1.82) is 0 Å². The van der Waals surface area contributed by atoms with Crippen molar-refractivity contribution in [3.05, 3.63) is 23.3 Å². The molecule has 1 amide bonds. The van der Waals surface area contributed by atoms with Crippen LogP contribution in [0.3, 0.4) is 0 Å². The van der Waals surface area contributed by atoms with E-state index in [-0.39, 0.29) is 30.4 Å². The minimum absolute atomic E-state index is 0.166. The van der Waals surface area contributed by atoms with E-state index in [1.807, 2.05) is 0 Å². The molecule has 4 rings (SSSR count). The molecule has 2 fully saturated rings. The summed E-state index contributed by atoms with van der Waals surface area (Å²) in [6, 6.07) is 1.41. The second-order valence-electron chi connectivity index (χ2n) is 11.5. The number of benzene rings is 1. The molecule has 218 valence electrons. The van der Waals surface area contributed by atoms with Crippen LogP contribution in [0, 0.1) is 23.7 Å². The van der Waals surface area contributed by atoms with Gasteiger partial charge in [0.2, 0.25) is 5.91 Å². The van der Waals surface area contributed by atoms with Gasteiger partial charge in [-0.1, -0.05) is 13.0 Å². The lowest BCUT2D eigenvalue weighted by Gasteiger charge is -2.56. The summed E-state index contributed by atoms with van der Waals surface area (Å²) in [6.45, 7) is 1.69. The number of carbonyl (C=O) groups is 5. The van der Waals surface area contributed by atoms with Crippen LogP contribution in [-0.4, -0.2) is 124 Å². The second kappa shape index (κ2) is 10.3. The first-order valence-corrected chi connectivity index (χ1v) is 13.0. The van der Waals surface area contributed by atoms with Crippen LogP contribution < -0.4 is 11.1 Å². The predicted octanol–water partition coefficient (Wildman–Crippen LogP) is -2.27. The Hall–Kier alpha value is -3.23. The molecule has 3 aliphatic rings. The second-order valence-corrected chi connectivity index (χ2v) is 11.5. The third kappa shape index (κ3) is 4.06. The molecule has 13 nitrogen and oxygen atoms in total. The number of nitrogens with zero attached hydrogens (tertiary/aromatic N) is 2. The van der Waals surface area contributed by atoms with Crippen LogP contribution in [0.4, 0.5) is 5.69 Å². The van der Waals surface area contributed by atoms with Crippen molar-refractivity contribution in [3.63, 3.8) is 0 Å². The first-order valence-electron chi connectivity index (χ1n) is 13.0. The predicted molar refractivity (Wildman–Crippen MR) is 141 cm³/mol. The lowest BCUT2D eigenvalue weighted by Crippen LogP contribution is -2.77. The lowest BCUT2D eigenvalue weighted by molar-refractivity contribution is -0.196. The molecule has 13 heteroatoms. The maximum absolute atomic E-state index is 14.0. The highest BCUT2D eigenvalue weighted by molar-refractivity contribution is 6.32. The number of anilines is 1. The third-order valence-electron chi connectivity index (χ3n) is 8.96. The van der Waals surface area contributed by atoms with E-state index in [1.165, 1.54) is 19.0 Å². The maximum Gasteiger partial charge on any atom is 0.235 e. The molecule has 0 spiro atoms. The van der Waals surface area contributed by atoms with E-state index in [0.717, 1.165) is 0 Å². The molecule has 0 aliphatic heterocycles. The summed E-state index contributed by atoms with van der Waals surface area (Å²) >= 11 is 0. The Bertz CT molecular complexity index is 1280. The number of likely N-dealkylation sites (N-methyl/N-ethyl adjacent to an activating group) is 2. The zero-order valence-electron chi connectivity index (χ0n) is 23.0. The van der Waals surface area contributed by atoms with Gasteiger partial charge in [-0.15, -0.1) is 0 Å². The number of rotatable bonds is 7. The summed E-state index contributed by atoms with van der Waals surface area (Å²) in [5.74, 6) is -13.7. The minimum Gasteiger partial charge on any atom is -0.505 e. The molecular weight excluding hydrogens is 524 g/mol. The number of aliphatic hydroxyl groups excluding tert-OH is 2. The Morgan fingerprint density at radius 3 is 2.27 bits per heavy atom. The number of aromatic hydroxyl groups is 1. The van der Waals surface area contributed by atoms with Crippen molar-refractivity contribution in [2.75, 3.05) is 46.7 Å². The van der Waals surface area contributed by atoms with Gasteiger partial charge in [-0.2, -0.15) is 0 Å². The highest BCUT2D eigenvalue weighted by atomic mass is 16.3. The van der Waals surface area contributed by atoms with Crippen molar-refractivity contribution in [2.24, 2.45) is 29.4 Å². The largest absolute Gasteiger partial charge is 0.505 e. The topological polar surface area (TPSA) is 211 Å². The SMILES string of the molecule is CC1c2ccc(NCC(CO)N(C)C)c(O)c2C(=O)C2C(=O)[C@]3(O)C(=O)C(C(N)=O)C(=O)[C@@H](N(C)C)C3C(O)C21. The van der Waals surface area contributed by atoms with Crippen molar-refractivity contribution in [3.8, 4) is 5.75 Å². The quantitative estimate of drug-likeness (QED) is 0.154. The smallest absolute Gasteiger partial charge is 0.235 e. The van der Waals surface area contributed by atoms with Gasteiger partial charge in [0.1, 0.15) is 5.75 Å². The van der Waals surface area contributed by atoms with E-state index in [1.54, 1.807) is 38.1 Å². The number of fused-ring (bicyclic) bond motifs is 3. The first-order chi connectivity index (χ1) is 18.6. The normalized spacial score (nSPS) is 34.4. The number of carbonyl (C=O) groups excluding carboxylic acids is 5. The van der Waals surface area contributed by atoms with E-state index in [0.29, 0.717) is 5.56 Å². The number of primary amides is 1. The molecule has 40 heavy (non-hydrogen) atoms.